The average Bonchev–Trinajstić information content (AvgIpc) is 2.95. The van der Waals surface area contributed by atoms with Crippen molar-refractivity contribution in [2.75, 3.05) is 0 Å². The van der Waals surface area contributed by atoms with Gasteiger partial charge in [0.2, 0.25) is 0 Å². The predicted molar refractivity (Wildman–Crippen MR) is 99.9 cm³/mol. The smallest absolute Gasteiger partial charge is 0.319 e. The summed E-state index contributed by atoms with van der Waals surface area (Å²) in [7, 11) is 0. The molecule has 0 bridgehead atoms. The van der Waals surface area contributed by atoms with Crippen molar-refractivity contribution >= 4 is 39.3 Å². The largest absolute Gasteiger partial charge is 0.480 e. The zero-order chi connectivity index (χ0) is 17.5. The van der Waals surface area contributed by atoms with Crippen LogP contribution in [0.2, 0.25) is 0 Å². The van der Waals surface area contributed by atoms with Gasteiger partial charge in [-0.25, -0.2) is 9.97 Å². The fourth-order valence-electron chi connectivity index (χ4n) is 2.33. The molecule has 3 rings (SSSR count). The van der Waals surface area contributed by atoms with Crippen LogP contribution in [0.5, 0.6) is 0 Å². The van der Waals surface area contributed by atoms with Gasteiger partial charge in [-0.1, -0.05) is 30.0 Å². The quantitative estimate of drug-likeness (QED) is 0.529. The second kappa shape index (κ2) is 6.18. The number of rotatable bonds is 4. The molecule has 0 saturated carbocycles. The SMILES string of the molecule is Cc1ccc(-c2csc3ncnc(SC(C)(C)C(=O)O)c23)cc1C. The normalized spacial score (nSPS) is 11.8. The van der Waals surface area contributed by atoms with E-state index in [0.717, 1.165) is 21.3 Å². The lowest BCUT2D eigenvalue weighted by Gasteiger charge is -2.18. The van der Waals surface area contributed by atoms with E-state index in [-0.39, 0.29) is 0 Å². The molecule has 0 fully saturated rings. The molecule has 2 aromatic heterocycles. The van der Waals surface area contributed by atoms with Gasteiger partial charge < -0.3 is 5.11 Å². The van der Waals surface area contributed by atoms with Crippen molar-refractivity contribution in [3.8, 4) is 11.1 Å². The summed E-state index contributed by atoms with van der Waals surface area (Å²) in [5.74, 6) is -0.859. The number of carbonyl (C=O) groups is 1. The molecule has 1 N–H and O–H groups in total. The molecule has 6 heteroatoms. The molecule has 3 aromatic rings. The molecule has 0 unspecified atom stereocenters. The third-order valence-corrected chi connectivity index (χ3v) is 6.09. The van der Waals surface area contributed by atoms with Gasteiger partial charge in [-0.3, -0.25) is 4.79 Å². The highest BCUT2D eigenvalue weighted by molar-refractivity contribution is 8.01. The van der Waals surface area contributed by atoms with Gasteiger partial charge in [0.25, 0.3) is 0 Å². The number of carboxylic acid groups (broad SMARTS) is 1. The van der Waals surface area contributed by atoms with E-state index in [1.165, 1.54) is 29.2 Å². The Balaban J connectivity index is 2.17. The van der Waals surface area contributed by atoms with Crippen LogP contribution in [-0.2, 0) is 4.79 Å². The number of thioether (sulfide) groups is 1. The van der Waals surface area contributed by atoms with Gasteiger partial charge in [-0.15, -0.1) is 11.3 Å². The number of hydrogen-bond acceptors (Lipinski definition) is 5. The number of aryl methyl sites for hydroxylation is 2. The number of benzene rings is 1. The van der Waals surface area contributed by atoms with E-state index in [9.17, 15) is 9.90 Å². The van der Waals surface area contributed by atoms with Crippen molar-refractivity contribution < 1.29 is 9.90 Å². The van der Waals surface area contributed by atoms with Crippen LogP contribution in [0.4, 0.5) is 0 Å². The third-order valence-electron chi connectivity index (χ3n) is 4.02. The number of hydrogen-bond donors (Lipinski definition) is 1. The fourth-order valence-corrected chi connectivity index (χ4v) is 4.29. The number of fused-ring (bicyclic) bond motifs is 1. The second-order valence-electron chi connectivity index (χ2n) is 6.22. The lowest BCUT2D eigenvalue weighted by Crippen LogP contribution is -2.27. The highest BCUT2D eigenvalue weighted by Crippen LogP contribution is 2.41. The maximum Gasteiger partial charge on any atom is 0.319 e. The topological polar surface area (TPSA) is 63.1 Å². The standard InChI is InChI=1S/C18H18N2O2S2/c1-10-5-6-12(7-11(10)2)13-8-23-15-14(13)16(20-9-19-15)24-18(3,4)17(21)22/h5-9H,1-4H3,(H,21,22). The number of nitrogens with zero attached hydrogens (tertiary/aromatic N) is 2. The van der Waals surface area contributed by atoms with Gasteiger partial charge in [0.1, 0.15) is 20.9 Å². The Morgan fingerprint density at radius 3 is 2.62 bits per heavy atom. The number of thiophene rings is 1. The molecule has 0 radical (unpaired) electrons. The van der Waals surface area contributed by atoms with Crippen LogP contribution in [0, 0.1) is 13.8 Å². The van der Waals surface area contributed by atoms with Gasteiger partial charge in [-0.05, 0) is 44.4 Å². The van der Waals surface area contributed by atoms with Crippen LogP contribution < -0.4 is 0 Å². The zero-order valence-electron chi connectivity index (χ0n) is 14.0. The third kappa shape index (κ3) is 3.03. The van der Waals surface area contributed by atoms with Crippen molar-refractivity contribution in [3.05, 3.63) is 41.0 Å². The highest BCUT2D eigenvalue weighted by atomic mass is 32.2. The van der Waals surface area contributed by atoms with Crippen LogP contribution in [0.25, 0.3) is 21.3 Å². The Morgan fingerprint density at radius 2 is 1.96 bits per heavy atom. The minimum atomic E-state index is -0.955. The molecule has 0 spiro atoms. The fraction of sp³-hybridized carbons (Fsp3) is 0.278. The second-order valence-corrected chi connectivity index (χ2v) is 8.69. The number of aliphatic carboxylic acids is 1. The Kier molecular flexibility index (Phi) is 4.36. The molecule has 4 nitrogen and oxygen atoms in total. The van der Waals surface area contributed by atoms with E-state index in [4.69, 9.17) is 0 Å². The predicted octanol–water partition coefficient (Wildman–Crippen LogP) is 4.93. The maximum absolute atomic E-state index is 11.5. The molecule has 0 atom stereocenters. The molecule has 2 heterocycles. The minimum Gasteiger partial charge on any atom is -0.480 e. The molecule has 124 valence electrons. The average molecular weight is 358 g/mol. The van der Waals surface area contributed by atoms with Crippen LogP contribution >= 0.6 is 23.1 Å². The van der Waals surface area contributed by atoms with E-state index in [0.29, 0.717) is 5.03 Å². The van der Waals surface area contributed by atoms with E-state index in [1.54, 1.807) is 25.2 Å². The molecular weight excluding hydrogens is 340 g/mol. The van der Waals surface area contributed by atoms with Crippen molar-refractivity contribution in [1.29, 1.82) is 0 Å². The van der Waals surface area contributed by atoms with Gasteiger partial charge in [-0.2, -0.15) is 0 Å². The molecule has 0 amide bonds. The van der Waals surface area contributed by atoms with Crippen molar-refractivity contribution in [3.63, 3.8) is 0 Å². The summed E-state index contributed by atoms with van der Waals surface area (Å²) in [6.45, 7) is 7.56. The summed E-state index contributed by atoms with van der Waals surface area (Å²) in [6, 6.07) is 6.35. The van der Waals surface area contributed by atoms with Crippen molar-refractivity contribution in [1.82, 2.24) is 9.97 Å². The van der Waals surface area contributed by atoms with Gasteiger partial charge >= 0.3 is 5.97 Å². The molecule has 0 aliphatic rings. The summed E-state index contributed by atoms with van der Waals surface area (Å²) in [6.07, 6.45) is 1.50. The minimum absolute atomic E-state index is 0.710. The number of aromatic nitrogens is 2. The monoisotopic (exact) mass is 358 g/mol. The van der Waals surface area contributed by atoms with Gasteiger partial charge in [0.15, 0.2) is 0 Å². The van der Waals surface area contributed by atoms with Crippen LogP contribution in [-0.4, -0.2) is 25.8 Å². The lowest BCUT2D eigenvalue weighted by atomic mass is 10.0. The van der Waals surface area contributed by atoms with E-state index >= 15 is 0 Å². The molecule has 0 aliphatic carbocycles. The first kappa shape index (κ1) is 16.9. The Bertz CT molecular complexity index is 932. The molecule has 0 aliphatic heterocycles. The Morgan fingerprint density at radius 1 is 1.21 bits per heavy atom. The summed E-state index contributed by atoms with van der Waals surface area (Å²) >= 11 is 2.82. The molecule has 24 heavy (non-hydrogen) atoms. The lowest BCUT2D eigenvalue weighted by molar-refractivity contribution is -0.138. The first-order valence-corrected chi connectivity index (χ1v) is 9.21. The molecule has 0 saturated heterocycles. The van der Waals surface area contributed by atoms with E-state index < -0.39 is 10.7 Å². The summed E-state index contributed by atoms with van der Waals surface area (Å²) in [5, 5.41) is 13.1. The zero-order valence-corrected chi connectivity index (χ0v) is 15.6. The van der Waals surface area contributed by atoms with Crippen LogP contribution in [0.15, 0.2) is 34.9 Å². The van der Waals surface area contributed by atoms with Crippen LogP contribution in [0.1, 0.15) is 25.0 Å². The first-order chi connectivity index (χ1) is 11.3. The Labute approximate surface area is 149 Å². The first-order valence-electron chi connectivity index (χ1n) is 7.52. The van der Waals surface area contributed by atoms with E-state index in [1.807, 2.05) is 0 Å². The summed E-state index contributed by atoms with van der Waals surface area (Å²) in [4.78, 5) is 21.1. The summed E-state index contributed by atoms with van der Waals surface area (Å²) < 4.78 is -0.955. The van der Waals surface area contributed by atoms with Crippen molar-refractivity contribution in [2.24, 2.45) is 0 Å². The molecule has 1 aromatic carbocycles. The van der Waals surface area contributed by atoms with Gasteiger partial charge in [0.05, 0.1) is 5.39 Å². The molecular formula is C18H18N2O2S2. The maximum atomic E-state index is 11.5. The van der Waals surface area contributed by atoms with Crippen LogP contribution in [0.3, 0.4) is 0 Å². The highest BCUT2D eigenvalue weighted by Gasteiger charge is 2.30. The number of carboxylic acids is 1. The van der Waals surface area contributed by atoms with E-state index in [2.05, 4.69) is 47.4 Å². The van der Waals surface area contributed by atoms with Crippen molar-refractivity contribution in [2.45, 2.75) is 37.5 Å². The van der Waals surface area contributed by atoms with Gasteiger partial charge in [0, 0.05) is 10.9 Å². The Hall–Kier alpha value is -1.92. The summed E-state index contributed by atoms with van der Waals surface area (Å²) in [5.41, 5.74) is 4.64.